The number of esters is 1. The zero-order valence-electron chi connectivity index (χ0n) is 15.9. The summed E-state index contributed by atoms with van der Waals surface area (Å²) in [5.74, 6) is -1.83. The number of carbonyl (C=O) groups is 1. The van der Waals surface area contributed by atoms with E-state index in [9.17, 15) is 18.0 Å². The number of hydrogen-bond acceptors (Lipinski definition) is 6. The summed E-state index contributed by atoms with van der Waals surface area (Å²) in [6.07, 6.45) is -6.22. The molecule has 1 aliphatic rings. The van der Waals surface area contributed by atoms with Gasteiger partial charge in [0.2, 0.25) is 0 Å². The fraction of sp³-hybridized carbons (Fsp3) is 0.611. The van der Waals surface area contributed by atoms with Gasteiger partial charge in [0.25, 0.3) is 0 Å². The molecule has 6 nitrogen and oxygen atoms in total. The second-order valence-electron chi connectivity index (χ2n) is 6.27. The van der Waals surface area contributed by atoms with Gasteiger partial charge >= 0.3 is 12.1 Å². The van der Waals surface area contributed by atoms with Crippen LogP contribution in [-0.2, 0) is 9.53 Å². The summed E-state index contributed by atoms with van der Waals surface area (Å²) in [5.41, 5.74) is 0.871. The minimum Gasteiger partial charge on any atom is -0.488 e. The Balaban J connectivity index is 2.10. The molecule has 1 aromatic carbocycles. The number of benzene rings is 1. The topological polar surface area (TPSA) is 54.0 Å². The lowest BCUT2D eigenvalue weighted by molar-refractivity contribution is -0.214. The van der Waals surface area contributed by atoms with E-state index in [1.54, 1.807) is 30.9 Å². The zero-order valence-corrected chi connectivity index (χ0v) is 16.6. The first-order chi connectivity index (χ1) is 13.2. The second-order valence-corrected chi connectivity index (χ2v) is 6.71. The van der Waals surface area contributed by atoms with E-state index in [4.69, 9.17) is 16.3 Å². The number of rotatable bonds is 8. The molecule has 0 aliphatic carbocycles. The molecule has 1 N–H and O–H groups in total. The Bertz CT molecular complexity index is 651. The molecule has 0 saturated carbocycles. The van der Waals surface area contributed by atoms with Crippen LogP contribution in [0.4, 0.5) is 18.9 Å². The van der Waals surface area contributed by atoms with E-state index < -0.39 is 18.4 Å². The fourth-order valence-electron chi connectivity index (χ4n) is 2.94. The van der Waals surface area contributed by atoms with E-state index in [1.807, 2.05) is 6.07 Å². The highest BCUT2D eigenvalue weighted by atomic mass is 35.5. The molecule has 28 heavy (non-hydrogen) atoms. The number of ether oxygens (including phenoxy) is 2. The number of alkyl halides is 3. The number of carbonyl (C=O) groups excluding carboxylic acids is 1. The predicted octanol–water partition coefficient (Wildman–Crippen LogP) is 2.90. The molecule has 1 fully saturated rings. The summed E-state index contributed by atoms with van der Waals surface area (Å²) >= 11 is 6.18. The summed E-state index contributed by atoms with van der Waals surface area (Å²) in [7, 11) is 0. The molecule has 1 heterocycles. The van der Waals surface area contributed by atoms with Crippen LogP contribution in [0.5, 0.6) is 5.75 Å². The molecule has 1 unspecified atom stereocenters. The Labute approximate surface area is 167 Å². The van der Waals surface area contributed by atoms with Crippen LogP contribution in [0.2, 0.25) is 5.02 Å². The maximum absolute atomic E-state index is 12.6. The third-order valence-electron chi connectivity index (χ3n) is 4.42. The lowest BCUT2D eigenvalue weighted by Crippen LogP contribution is -2.45. The highest BCUT2D eigenvalue weighted by Crippen LogP contribution is 2.28. The van der Waals surface area contributed by atoms with Gasteiger partial charge in [-0.25, -0.2) is 4.79 Å². The molecule has 0 bridgehead atoms. The van der Waals surface area contributed by atoms with Gasteiger partial charge in [-0.2, -0.15) is 13.2 Å². The van der Waals surface area contributed by atoms with Crippen molar-refractivity contribution in [3.8, 4) is 5.75 Å². The molecule has 0 spiro atoms. The van der Waals surface area contributed by atoms with Crippen LogP contribution in [0.3, 0.4) is 0 Å². The molecular weight excluding hydrogens is 399 g/mol. The number of piperazine rings is 1. The van der Waals surface area contributed by atoms with Crippen LogP contribution in [0.25, 0.3) is 0 Å². The Morgan fingerprint density at radius 2 is 1.89 bits per heavy atom. The van der Waals surface area contributed by atoms with E-state index in [0.29, 0.717) is 23.9 Å². The number of anilines is 1. The molecule has 1 aromatic rings. The molecule has 1 atom stereocenters. The third-order valence-corrected chi connectivity index (χ3v) is 4.64. The number of likely N-dealkylation sites (N-methyl/N-ethyl adjacent to an activating group) is 1. The normalized spacial score (nSPS) is 16.2. The number of nitrogens with zero attached hydrogens (tertiary/aromatic N) is 2. The first kappa shape index (κ1) is 22.6. The van der Waals surface area contributed by atoms with E-state index >= 15 is 0 Å². The van der Waals surface area contributed by atoms with Crippen molar-refractivity contribution in [3.63, 3.8) is 0 Å². The van der Waals surface area contributed by atoms with Crippen molar-refractivity contribution in [2.24, 2.45) is 0 Å². The van der Waals surface area contributed by atoms with Crippen LogP contribution in [0.1, 0.15) is 13.8 Å². The van der Waals surface area contributed by atoms with E-state index in [2.05, 4.69) is 15.0 Å². The van der Waals surface area contributed by atoms with E-state index in [0.717, 1.165) is 31.9 Å². The van der Waals surface area contributed by atoms with Gasteiger partial charge in [0.05, 0.1) is 0 Å². The number of nitrogens with one attached hydrogen (secondary N) is 1. The van der Waals surface area contributed by atoms with Gasteiger partial charge in [-0.1, -0.05) is 25.4 Å². The summed E-state index contributed by atoms with van der Waals surface area (Å²) in [4.78, 5) is 15.0. The van der Waals surface area contributed by atoms with Gasteiger partial charge in [-0.05, 0) is 25.2 Å². The summed E-state index contributed by atoms with van der Waals surface area (Å²) in [6.45, 7) is 7.40. The number of halogens is 4. The van der Waals surface area contributed by atoms with Crippen molar-refractivity contribution >= 4 is 23.3 Å². The van der Waals surface area contributed by atoms with Crippen LogP contribution in [-0.4, -0.2) is 69.1 Å². The third kappa shape index (κ3) is 6.42. The average Bonchev–Trinajstić information content (AvgIpc) is 2.66. The largest absolute Gasteiger partial charge is 0.490 e. The minimum atomic E-state index is -5.06. The number of hydrogen-bond donors (Lipinski definition) is 1. The molecule has 2 rings (SSSR count). The van der Waals surface area contributed by atoms with Gasteiger partial charge in [0.1, 0.15) is 12.4 Å². The van der Waals surface area contributed by atoms with Gasteiger partial charge in [0.15, 0.2) is 6.23 Å². The monoisotopic (exact) mass is 423 g/mol. The van der Waals surface area contributed by atoms with Crippen molar-refractivity contribution in [2.45, 2.75) is 26.3 Å². The smallest absolute Gasteiger partial charge is 0.488 e. The van der Waals surface area contributed by atoms with Crippen molar-refractivity contribution in [3.05, 3.63) is 23.2 Å². The first-order valence-electron chi connectivity index (χ1n) is 9.15. The molecule has 0 radical (unpaired) electrons. The molecular formula is C18H25ClF3N3O3. The van der Waals surface area contributed by atoms with Gasteiger partial charge in [-0.15, -0.1) is 0 Å². The van der Waals surface area contributed by atoms with Crippen LogP contribution in [0.15, 0.2) is 18.2 Å². The maximum Gasteiger partial charge on any atom is 0.490 e. The Morgan fingerprint density at radius 1 is 1.25 bits per heavy atom. The predicted molar refractivity (Wildman–Crippen MR) is 101 cm³/mol. The minimum absolute atomic E-state index is 0.245. The molecule has 0 amide bonds. The first-order valence-corrected chi connectivity index (χ1v) is 9.53. The molecule has 1 saturated heterocycles. The van der Waals surface area contributed by atoms with Gasteiger partial charge < -0.3 is 19.7 Å². The van der Waals surface area contributed by atoms with Crippen molar-refractivity contribution in [2.75, 3.05) is 50.8 Å². The van der Waals surface area contributed by atoms with Gasteiger partial charge in [0, 0.05) is 43.0 Å². The average molecular weight is 424 g/mol. The quantitative estimate of drug-likeness (QED) is 0.512. The fourth-order valence-corrected chi connectivity index (χ4v) is 3.16. The Kier molecular flexibility index (Phi) is 8.21. The summed E-state index contributed by atoms with van der Waals surface area (Å²) in [6, 6.07) is 5.17. The van der Waals surface area contributed by atoms with Crippen LogP contribution in [0, 0.1) is 0 Å². The SMILES string of the molecule is CCN(CC)C(COc1cc(Cl)cc(N2CCNCC2)c1)OC(=O)C(F)(F)F. The summed E-state index contributed by atoms with van der Waals surface area (Å²) in [5, 5.41) is 3.71. The van der Waals surface area contributed by atoms with Gasteiger partial charge in [-0.3, -0.25) is 4.90 Å². The lowest BCUT2D eigenvalue weighted by atomic mass is 10.2. The molecule has 158 valence electrons. The highest BCUT2D eigenvalue weighted by Gasteiger charge is 2.43. The van der Waals surface area contributed by atoms with E-state index in [1.165, 1.54) is 0 Å². The van der Waals surface area contributed by atoms with Crippen LogP contribution < -0.4 is 15.0 Å². The van der Waals surface area contributed by atoms with Crippen LogP contribution >= 0.6 is 11.6 Å². The van der Waals surface area contributed by atoms with Crippen molar-refractivity contribution in [1.82, 2.24) is 10.2 Å². The molecule has 0 aromatic heterocycles. The lowest BCUT2D eigenvalue weighted by Gasteiger charge is -2.31. The van der Waals surface area contributed by atoms with Crippen molar-refractivity contribution in [1.29, 1.82) is 0 Å². The summed E-state index contributed by atoms with van der Waals surface area (Å²) < 4.78 is 48.1. The second kappa shape index (κ2) is 10.2. The Hall–Kier alpha value is -1.71. The van der Waals surface area contributed by atoms with E-state index in [-0.39, 0.29) is 6.61 Å². The van der Waals surface area contributed by atoms with Crippen molar-refractivity contribution < 1.29 is 27.4 Å². The molecule has 10 heteroatoms. The highest BCUT2D eigenvalue weighted by molar-refractivity contribution is 6.31. The zero-order chi connectivity index (χ0) is 20.7. The maximum atomic E-state index is 12.6. The Morgan fingerprint density at radius 3 is 2.46 bits per heavy atom. The standard InChI is InChI=1S/C18H25ClF3N3O3/c1-3-24(4-2)16(28-17(26)18(20,21)22)12-27-15-10-13(19)9-14(11-15)25-7-5-23-6-8-25/h9-11,16,23H,3-8,12H2,1-2H3. The molecule has 1 aliphatic heterocycles.